The third kappa shape index (κ3) is 4.39. The molecule has 0 aliphatic heterocycles. The van der Waals surface area contributed by atoms with E-state index in [0.717, 1.165) is 13.0 Å². The molecule has 0 radical (unpaired) electrons. The molecule has 0 unspecified atom stereocenters. The summed E-state index contributed by atoms with van der Waals surface area (Å²) in [7, 11) is 1.77. The summed E-state index contributed by atoms with van der Waals surface area (Å²) in [6.07, 6.45) is 3.20. The van der Waals surface area contributed by atoms with Crippen molar-refractivity contribution in [2.24, 2.45) is 5.73 Å². The highest BCUT2D eigenvalue weighted by atomic mass is 16.2. The Hall–Kier alpha value is -0.870. The lowest BCUT2D eigenvalue weighted by molar-refractivity contribution is -0.144. The van der Waals surface area contributed by atoms with Crippen LogP contribution in [0.25, 0.3) is 0 Å². The van der Waals surface area contributed by atoms with E-state index in [0.29, 0.717) is 19.5 Å². The first-order valence-electron chi connectivity index (χ1n) is 4.99. The van der Waals surface area contributed by atoms with E-state index >= 15 is 0 Å². The average Bonchev–Trinajstić information content (AvgIpc) is 2.17. The molecule has 1 amide bonds. The van der Waals surface area contributed by atoms with E-state index in [4.69, 9.17) is 5.73 Å². The van der Waals surface area contributed by atoms with E-state index in [1.807, 2.05) is 5.01 Å². The Morgan fingerprint density at radius 1 is 1.57 bits per heavy atom. The number of rotatable bonds is 7. The highest BCUT2D eigenvalue weighted by molar-refractivity contribution is 5.75. The quantitative estimate of drug-likeness (QED) is 0.482. The van der Waals surface area contributed by atoms with Crippen LogP contribution in [0.1, 0.15) is 19.8 Å². The maximum absolute atomic E-state index is 11.5. The highest BCUT2D eigenvalue weighted by Crippen LogP contribution is 1.99. The lowest BCUT2D eigenvalue weighted by Crippen LogP contribution is -2.44. The van der Waals surface area contributed by atoms with E-state index < -0.39 is 0 Å². The molecule has 0 aliphatic rings. The first kappa shape index (κ1) is 13.1. The molecule has 14 heavy (non-hydrogen) atoms. The molecule has 0 spiro atoms. The van der Waals surface area contributed by atoms with E-state index in [1.165, 1.54) is 0 Å². The van der Waals surface area contributed by atoms with Crippen molar-refractivity contribution in [2.75, 3.05) is 26.7 Å². The van der Waals surface area contributed by atoms with Gasteiger partial charge >= 0.3 is 0 Å². The summed E-state index contributed by atoms with van der Waals surface area (Å²) < 4.78 is 0. The smallest absolute Gasteiger partial charge is 0.237 e. The molecule has 0 atom stereocenters. The third-order valence-corrected chi connectivity index (χ3v) is 1.96. The summed E-state index contributed by atoms with van der Waals surface area (Å²) in [5.41, 5.74) is 5.33. The van der Waals surface area contributed by atoms with E-state index in [2.05, 4.69) is 13.5 Å². The van der Waals surface area contributed by atoms with Crippen LogP contribution in [0.5, 0.6) is 0 Å². The van der Waals surface area contributed by atoms with Crippen LogP contribution in [0, 0.1) is 0 Å². The molecule has 4 nitrogen and oxygen atoms in total. The third-order valence-electron chi connectivity index (χ3n) is 1.96. The van der Waals surface area contributed by atoms with Gasteiger partial charge in [-0.1, -0.05) is 13.0 Å². The first-order chi connectivity index (χ1) is 6.67. The Morgan fingerprint density at radius 3 is 2.64 bits per heavy atom. The fourth-order valence-electron chi connectivity index (χ4n) is 1.21. The largest absolute Gasteiger partial charge is 0.330 e. The molecule has 0 rings (SSSR count). The summed E-state index contributed by atoms with van der Waals surface area (Å²) in [4.78, 5) is 11.5. The van der Waals surface area contributed by atoms with E-state index in [1.54, 1.807) is 18.1 Å². The molecule has 0 saturated heterocycles. The monoisotopic (exact) mass is 199 g/mol. The van der Waals surface area contributed by atoms with Gasteiger partial charge in [-0.3, -0.25) is 9.80 Å². The molecule has 4 heteroatoms. The zero-order chi connectivity index (χ0) is 11.0. The van der Waals surface area contributed by atoms with Crippen LogP contribution in [-0.4, -0.2) is 42.6 Å². The van der Waals surface area contributed by atoms with Crippen LogP contribution in [0.4, 0.5) is 0 Å². The zero-order valence-corrected chi connectivity index (χ0v) is 9.20. The van der Waals surface area contributed by atoms with Crippen LogP contribution in [-0.2, 0) is 4.79 Å². The Kier molecular flexibility index (Phi) is 7.06. The second kappa shape index (κ2) is 7.53. The Labute approximate surface area is 86.3 Å². The summed E-state index contributed by atoms with van der Waals surface area (Å²) in [6.45, 7) is 7.70. The second-order valence-corrected chi connectivity index (χ2v) is 3.16. The molecule has 0 aromatic heterocycles. The van der Waals surface area contributed by atoms with Gasteiger partial charge in [0.25, 0.3) is 0 Å². The van der Waals surface area contributed by atoms with Crippen LogP contribution >= 0.6 is 0 Å². The molecule has 82 valence electrons. The minimum atomic E-state index is 0.0581. The Morgan fingerprint density at radius 2 is 2.21 bits per heavy atom. The first-order valence-corrected chi connectivity index (χ1v) is 4.99. The van der Waals surface area contributed by atoms with E-state index in [-0.39, 0.29) is 5.91 Å². The lowest BCUT2D eigenvalue weighted by Gasteiger charge is -2.30. The molecule has 2 N–H and O–H groups in total. The number of hydrazine groups is 1. The summed E-state index contributed by atoms with van der Waals surface area (Å²) >= 11 is 0. The Balaban J connectivity index is 4.17. The number of nitrogens with zero attached hydrogens (tertiary/aromatic N) is 2. The van der Waals surface area contributed by atoms with Gasteiger partial charge in [0.1, 0.15) is 0 Å². The second-order valence-electron chi connectivity index (χ2n) is 3.16. The molecule has 0 heterocycles. The SMILES string of the molecule is C=CCN(CCC)N(C)C(=O)CCN. The molecular formula is C10H21N3O. The van der Waals surface area contributed by atoms with Crippen molar-refractivity contribution in [3.63, 3.8) is 0 Å². The molecule has 0 aliphatic carbocycles. The number of hydrogen-bond donors (Lipinski definition) is 1. The predicted octanol–water partition coefficient (Wildman–Crippen LogP) is 0.607. The van der Waals surface area contributed by atoms with Gasteiger partial charge in [-0.15, -0.1) is 6.58 Å². The fraction of sp³-hybridized carbons (Fsp3) is 0.700. The number of carbonyl (C=O) groups excluding carboxylic acids is 1. The van der Waals surface area contributed by atoms with Gasteiger partial charge in [0.15, 0.2) is 0 Å². The molecule has 0 aromatic carbocycles. The van der Waals surface area contributed by atoms with Crippen LogP contribution in [0.2, 0.25) is 0 Å². The lowest BCUT2D eigenvalue weighted by atomic mass is 10.4. The molecular weight excluding hydrogens is 178 g/mol. The molecule has 0 saturated carbocycles. The van der Waals surface area contributed by atoms with Gasteiger partial charge in [-0.25, -0.2) is 5.01 Å². The fourth-order valence-corrected chi connectivity index (χ4v) is 1.21. The molecule has 0 aromatic rings. The van der Waals surface area contributed by atoms with Crippen molar-refractivity contribution >= 4 is 5.91 Å². The minimum Gasteiger partial charge on any atom is -0.330 e. The van der Waals surface area contributed by atoms with Crippen LogP contribution in [0.15, 0.2) is 12.7 Å². The van der Waals surface area contributed by atoms with Gasteiger partial charge < -0.3 is 5.73 Å². The highest BCUT2D eigenvalue weighted by Gasteiger charge is 2.13. The maximum atomic E-state index is 11.5. The summed E-state index contributed by atoms with van der Waals surface area (Å²) in [5, 5.41) is 3.60. The summed E-state index contributed by atoms with van der Waals surface area (Å²) in [5.74, 6) is 0.0581. The normalized spacial score (nSPS) is 10.3. The van der Waals surface area contributed by atoms with Gasteiger partial charge in [-0.05, 0) is 6.42 Å². The van der Waals surface area contributed by atoms with Gasteiger partial charge in [0.05, 0.1) is 0 Å². The number of amides is 1. The van der Waals surface area contributed by atoms with Gasteiger partial charge in [0, 0.05) is 33.1 Å². The van der Waals surface area contributed by atoms with Crippen molar-refractivity contribution in [3.8, 4) is 0 Å². The van der Waals surface area contributed by atoms with Crippen molar-refractivity contribution in [1.82, 2.24) is 10.0 Å². The van der Waals surface area contributed by atoms with Gasteiger partial charge in [0.2, 0.25) is 5.91 Å². The standard InChI is InChI=1S/C10H21N3O/c1-4-8-13(9-5-2)12(3)10(14)6-7-11/h4H,1,5-9,11H2,2-3H3. The molecule has 0 fully saturated rings. The van der Waals surface area contributed by atoms with Crippen molar-refractivity contribution < 1.29 is 4.79 Å². The average molecular weight is 199 g/mol. The predicted molar refractivity (Wildman–Crippen MR) is 58.5 cm³/mol. The topological polar surface area (TPSA) is 49.6 Å². The van der Waals surface area contributed by atoms with Crippen molar-refractivity contribution in [2.45, 2.75) is 19.8 Å². The van der Waals surface area contributed by atoms with Gasteiger partial charge in [-0.2, -0.15) is 0 Å². The van der Waals surface area contributed by atoms with Crippen LogP contribution < -0.4 is 5.73 Å². The number of carbonyl (C=O) groups is 1. The van der Waals surface area contributed by atoms with Crippen molar-refractivity contribution in [3.05, 3.63) is 12.7 Å². The minimum absolute atomic E-state index is 0.0581. The Bertz CT molecular complexity index is 182. The molecule has 0 bridgehead atoms. The van der Waals surface area contributed by atoms with E-state index in [9.17, 15) is 4.79 Å². The maximum Gasteiger partial charge on any atom is 0.237 e. The van der Waals surface area contributed by atoms with Crippen molar-refractivity contribution in [1.29, 1.82) is 0 Å². The summed E-state index contributed by atoms with van der Waals surface area (Å²) in [6, 6.07) is 0. The zero-order valence-electron chi connectivity index (χ0n) is 9.20. The van der Waals surface area contributed by atoms with Crippen LogP contribution in [0.3, 0.4) is 0 Å². The number of nitrogens with two attached hydrogens (primary N) is 1. The number of hydrogen-bond acceptors (Lipinski definition) is 3.